The van der Waals surface area contributed by atoms with E-state index in [1.807, 2.05) is 6.08 Å². The first-order chi connectivity index (χ1) is 9.04. The number of hydrogen-bond acceptors (Lipinski definition) is 4. The Morgan fingerprint density at radius 2 is 2.11 bits per heavy atom. The maximum Gasteiger partial charge on any atom is 0.173 e. The monoisotopic (exact) mass is 284 g/mol. The quantitative estimate of drug-likeness (QED) is 0.830. The lowest BCUT2D eigenvalue weighted by Gasteiger charge is -2.48. The summed E-state index contributed by atoms with van der Waals surface area (Å²) in [4.78, 5) is 2.45. The predicted molar refractivity (Wildman–Crippen MR) is 76.7 cm³/mol. The lowest BCUT2D eigenvalue weighted by atomic mass is 9.90. The molecule has 0 radical (unpaired) electrons. The van der Waals surface area contributed by atoms with Gasteiger partial charge in [-0.2, -0.15) is 0 Å². The summed E-state index contributed by atoms with van der Waals surface area (Å²) in [5.74, 6) is 0.277. The summed E-state index contributed by atoms with van der Waals surface area (Å²) in [6.07, 6.45) is 8.05. The molecule has 2 aliphatic heterocycles. The van der Waals surface area contributed by atoms with Crippen molar-refractivity contribution in [2.45, 2.75) is 56.7 Å². The first-order valence-corrected chi connectivity index (χ1v) is 9.17. The molecule has 0 bridgehead atoms. The van der Waals surface area contributed by atoms with Crippen LogP contribution < -0.4 is 5.32 Å². The van der Waals surface area contributed by atoms with E-state index < -0.39 is 9.84 Å². The molecular formula is C14H24N2O2S. The minimum Gasteiger partial charge on any atom is -0.308 e. The molecule has 1 N–H and O–H groups in total. The van der Waals surface area contributed by atoms with Crippen LogP contribution in [0.2, 0.25) is 0 Å². The number of nitrogens with one attached hydrogen (secondary N) is 1. The van der Waals surface area contributed by atoms with Gasteiger partial charge in [-0.05, 0) is 19.3 Å². The van der Waals surface area contributed by atoms with Crippen LogP contribution in [0.25, 0.3) is 0 Å². The van der Waals surface area contributed by atoms with Crippen LogP contribution in [-0.4, -0.2) is 49.8 Å². The molecule has 2 unspecified atom stereocenters. The molecule has 3 aliphatic rings. The molecule has 1 spiro atoms. The van der Waals surface area contributed by atoms with E-state index >= 15 is 0 Å². The fourth-order valence-electron chi connectivity index (χ4n) is 3.91. The van der Waals surface area contributed by atoms with Gasteiger partial charge in [-0.1, -0.05) is 25.8 Å². The van der Waals surface area contributed by atoms with Gasteiger partial charge in [-0.25, -0.2) is 8.42 Å². The second kappa shape index (κ2) is 4.86. The average Bonchev–Trinajstić information content (AvgIpc) is 2.96. The number of nitrogens with zero attached hydrogens (tertiary/aromatic N) is 1. The van der Waals surface area contributed by atoms with Gasteiger partial charge in [0, 0.05) is 36.1 Å². The Morgan fingerprint density at radius 1 is 1.37 bits per heavy atom. The Bertz CT molecular complexity index is 466. The summed E-state index contributed by atoms with van der Waals surface area (Å²) >= 11 is 0. The Balaban J connectivity index is 1.78. The second-order valence-electron chi connectivity index (χ2n) is 6.33. The Morgan fingerprint density at radius 3 is 2.68 bits per heavy atom. The van der Waals surface area contributed by atoms with Gasteiger partial charge in [0.15, 0.2) is 9.84 Å². The van der Waals surface area contributed by atoms with E-state index in [1.165, 1.54) is 31.1 Å². The van der Waals surface area contributed by atoms with Crippen LogP contribution in [0, 0.1) is 0 Å². The fraction of sp³-hybridized carbons (Fsp3) is 0.857. The van der Waals surface area contributed by atoms with Gasteiger partial charge >= 0.3 is 0 Å². The Hall–Kier alpha value is -0.390. The number of sulfone groups is 1. The topological polar surface area (TPSA) is 49.4 Å². The minimum absolute atomic E-state index is 0.0922. The van der Waals surface area contributed by atoms with Crippen LogP contribution in [0.15, 0.2) is 11.5 Å². The van der Waals surface area contributed by atoms with Gasteiger partial charge in [-0.3, -0.25) is 4.90 Å². The van der Waals surface area contributed by atoms with E-state index in [1.54, 1.807) is 0 Å². The maximum atomic E-state index is 11.7. The van der Waals surface area contributed by atoms with Gasteiger partial charge < -0.3 is 5.32 Å². The lowest BCUT2D eigenvalue weighted by Crippen LogP contribution is -2.65. The van der Waals surface area contributed by atoms with E-state index in [9.17, 15) is 8.42 Å². The van der Waals surface area contributed by atoms with E-state index in [2.05, 4.69) is 17.1 Å². The molecular weight excluding hydrogens is 260 g/mol. The molecule has 108 valence electrons. The molecule has 2 fully saturated rings. The largest absolute Gasteiger partial charge is 0.308 e. The zero-order valence-corrected chi connectivity index (χ0v) is 12.5. The third-order valence-electron chi connectivity index (χ3n) is 5.04. The predicted octanol–water partition coefficient (Wildman–Crippen LogP) is 1.29. The molecule has 19 heavy (non-hydrogen) atoms. The zero-order valence-electron chi connectivity index (χ0n) is 11.6. The number of hydrogen-bond donors (Lipinski definition) is 1. The van der Waals surface area contributed by atoms with Crippen LogP contribution in [0.1, 0.15) is 39.0 Å². The highest BCUT2D eigenvalue weighted by molar-refractivity contribution is 7.94. The molecule has 1 aliphatic carbocycles. The van der Waals surface area contributed by atoms with Gasteiger partial charge in [0.05, 0.1) is 5.75 Å². The third-order valence-corrected chi connectivity index (χ3v) is 6.41. The van der Waals surface area contributed by atoms with Crippen molar-refractivity contribution in [3.63, 3.8) is 0 Å². The summed E-state index contributed by atoms with van der Waals surface area (Å²) in [5.41, 5.74) is 0.256. The van der Waals surface area contributed by atoms with E-state index in [-0.39, 0.29) is 17.3 Å². The third kappa shape index (κ3) is 2.60. The normalized spacial score (nSPS) is 37.1. The van der Waals surface area contributed by atoms with Gasteiger partial charge in [-0.15, -0.1) is 0 Å². The summed E-state index contributed by atoms with van der Waals surface area (Å²) < 4.78 is 23.3. The molecule has 0 amide bonds. The van der Waals surface area contributed by atoms with Crippen LogP contribution in [0.5, 0.6) is 0 Å². The van der Waals surface area contributed by atoms with Crippen molar-refractivity contribution in [1.82, 2.24) is 10.2 Å². The van der Waals surface area contributed by atoms with Crippen molar-refractivity contribution < 1.29 is 8.42 Å². The number of piperazine rings is 1. The molecule has 1 saturated heterocycles. The second-order valence-corrected chi connectivity index (χ2v) is 8.26. The minimum atomic E-state index is -2.95. The highest BCUT2D eigenvalue weighted by Gasteiger charge is 2.43. The molecule has 1 saturated carbocycles. The standard InChI is InChI=1S/C14H24N2O2S/c1-2-12-9-15-14(6-3-4-7-14)11-16(12)13-5-8-19(17,18)10-13/h5,8,12-13,15H,2-4,6-7,9-11H2,1H3. The SMILES string of the molecule is CCC1CNC2(CCCC2)CN1C1C=CS(=O)(=O)C1. The van der Waals surface area contributed by atoms with E-state index in [0.29, 0.717) is 6.04 Å². The lowest BCUT2D eigenvalue weighted by molar-refractivity contribution is 0.0632. The van der Waals surface area contributed by atoms with Gasteiger partial charge in [0.1, 0.15) is 0 Å². The van der Waals surface area contributed by atoms with Crippen LogP contribution in [0.3, 0.4) is 0 Å². The molecule has 5 heteroatoms. The molecule has 0 aromatic carbocycles. The molecule has 2 heterocycles. The zero-order chi connectivity index (χ0) is 13.5. The first-order valence-electron chi connectivity index (χ1n) is 7.45. The Kier molecular flexibility index (Phi) is 3.48. The van der Waals surface area contributed by atoms with E-state index in [4.69, 9.17) is 0 Å². The average molecular weight is 284 g/mol. The van der Waals surface area contributed by atoms with Crippen molar-refractivity contribution in [3.05, 3.63) is 11.5 Å². The van der Waals surface area contributed by atoms with Gasteiger partial charge in [0.2, 0.25) is 0 Å². The highest BCUT2D eigenvalue weighted by Crippen LogP contribution is 2.35. The molecule has 3 rings (SSSR count). The summed E-state index contributed by atoms with van der Waals surface area (Å²) in [6, 6.07) is 0.559. The van der Waals surface area contributed by atoms with Crippen molar-refractivity contribution in [2.75, 3.05) is 18.8 Å². The van der Waals surface area contributed by atoms with Crippen LogP contribution >= 0.6 is 0 Å². The summed E-state index contributed by atoms with van der Waals surface area (Å²) in [7, 11) is -2.95. The molecule has 2 atom stereocenters. The smallest absolute Gasteiger partial charge is 0.173 e. The fourth-order valence-corrected chi connectivity index (χ4v) is 5.22. The Labute approximate surface area is 116 Å². The summed E-state index contributed by atoms with van der Waals surface area (Å²) in [6.45, 7) is 4.20. The van der Waals surface area contributed by atoms with Crippen molar-refractivity contribution in [1.29, 1.82) is 0 Å². The van der Waals surface area contributed by atoms with Crippen molar-refractivity contribution in [3.8, 4) is 0 Å². The first kappa shape index (κ1) is 13.6. The number of rotatable bonds is 2. The van der Waals surface area contributed by atoms with Crippen molar-refractivity contribution in [2.24, 2.45) is 0 Å². The highest BCUT2D eigenvalue weighted by atomic mass is 32.2. The molecule has 4 nitrogen and oxygen atoms in total. The van der Waals surface area contributed by atoms with Gasteiger partial charge in [0.25, 0.3) is 0 Å². The molecule has 0 aromatic heterocycles. The van der Waals surface area contributed by atoms with Crippen LogP contribution in [0.4, 0.5) is 0 Å². The summed E-state index contributed by atoms with van der Waals surface area (Å²) in [5, 5.41) is 5.16. The maximum absolute atomic E-state index is 11.7. The van der Waals surface area contributed by atoms with E-state index in [0.717, 1.165) is 19.5 Å². The van der Waals surface area contributed by atoms with Crippen LogP contribution in [-0.2, 0) is 9.84 Å². The van der Waals surface area contributed by atoms with Crippen molar-refractivity contribution >= 4 is 9.84 Å². The molecule has 0 aromatic rings.